The molecule has 0 spiro atoms. The first-order valence-electron chi connectivity index (χ1n) is 11.0. The topological polar surface area (TPSA) is 118 Å². The van der Waals surface area contributed by atoms with E-state index in [0.29, 0.717) is 32.1 Å². The number of hydrogen-bond acceptors (Lipinski definition) is 6. The third kappa shape index (κ3) is 12.8. The molecular weight excluding hydrogens is 360 g/mol. The lowest BCUT2D eigenvalue weighted by molar-refractivity contribution is -0.128. The molecule has 7 unspecified atom stereocenters. The Labute approximate surface area is 171 Å². The van der Waals surface area contributed by atoms with Crippen LogP contribution in [0, 0.1) is 11.8 Å². The number of carbonyl (C=O) groups is 1. The zero-order valence-corrected chi connectivity index (χ0v) is 18.3. The molecule has 0 fully saturated rings. The van der Waals surface area contributed by atoms with E-state index in [-0.39, 0.29) is 24.0 Å². The van der Waals surface area contributed by atoms with Crippen molar-refractivity contribution in [1.82, 2.24) is 0 Å². The predicted molar refractivity (Wildman–Crippen MR) is 111 cm³/mol. The molecule has 5 N–H and O–H groups in total. The van der Waals surface area contributed by atoms with Crippen LogP contribution in [0.1, 0.15) is 91.9 Å². The largest absolute Gasteiger partial charge is 0.393 e. The van der Waals surface area contributed by atoms with Crippen molar-refractivity contribution in [2.45, 2.75) is 122 Å². The number of Topliss-reactive ketones (excluding diaryl/α,β-unsaturated/α-hetero) is 1. The lowest BCUT2D eigenvalue weighted by atomic mass is 9.88. The van der Waals surface area contributed by atoms with Gasteiger partial charge in [0.15, 0.2) is 5.78 Å². The van der Waals surface area contributed by atoms with Gasteiger partial charge in [-0.05, 0) is 50.9 Å². The first kappa shape index (κ1) is 27.5. The Kier molecular flexibility index (Phi) is 15.0. The summed E-state index contributed by atoms with van der Waals surface area (Å²) in [5.74, 6) is -0.183. The van der Waals surface area contributed by atoms with Gasteiger partial charge in [0.2, 0.25) is 0 Å². The minimum Gasteiger partial charge on any atom is -0.393 e. The van der Waals surface area contributed by atoms with Crippen LogP contribution in [0.25, 0.3) is 0 Å². The van der Waals surface area contributed by atoms with E-state index < -0.39 is 30.5 Å². The van der Waals surface area contributed by atoms with E-state index in [9.17, 15) is 25.2 Å². The third-order valence-corrected chi connectivity index (χ3v) is 5.54. The molecule has 168 valence electrons. The van der Waals surface area contributed by atoms with E-state index in [2.05, 4.69) is 6.92 Å². The van der Waals surface area contributed by atoms with E-state index in [4.69, 9.17) is 5.11 Å². The smallest absolute Gasteiger partial charge is 0.163 e. The Morgan fingerprint density at radius 1 is 0.786 bits per heavy atom. The van der Waals surface area contributed by atoms with E-state index in [0.717, 1.165) is 25.7 Å². The lowest BCUT2D eigenvalue weighted by Crippen LogP contribution is -2.34. The van der Waals surface area contributed by atoms with Gasteiger partial charge in [-0.2, -0.15) is 0 Å². The van der Waals surface area contributed by atoms with Crippen LogP contribution in [0.4, 0.5) is 0 Å². The fourth-order valence-electron chi connectivity index (χ4n) is 3.57. The molecule has 0 heterocycles. The highest BCUT2D eigenvalue weighted by molar-refractivity contribution is 5.82. The van der Waals surface area contributed by atoms with Gasteiger partial charge in [0.1, 0.15) is 6.10 Å². The van der Waals surface area contributed by atoms with Crippen LogP contribution in [0.2, 0.25) is 0 Å². The number of rotatable bonds is 17. The van der Waals surface area contributed by atoms with Crippen LogP contribution >= 0.6 is 0 Å². The van der Waals surface area contributed by atoms with E-state index in [1.165, 1.54) is 6.92 Å². The molecule has 0 rings (SSSR count). The van der Waals surface area contributed by atoms with E-state index in [1.807, 2.05) is 13.8 Å². The van der Waals surface area contributed by atoms with Crippen molar-refractivity contribution >= 4 is 5.78 Å². The molecule has 0 saturated carbocycles. The van der Waals surface area contributed by atoms with E-state index >= 15 is 0 Å². The van der Waals surface area contributed by atoms with Crippen molar-refractivity contribution in [2.24, 2.45) is 11.8 Å². The maximum Gasteiger partial charge on any atom is 0.163 e. The molecule has 0 aliphatic rings. The molecule has 0 amide bonds. The summed E-state index contributed by atoms with van der Waals surface area (Å²) in [6.07, 6.45) is 2.79. The Hall–Kier alpha value is -0.530. The van der Waals surface area contributed by atoms with Crippen molar-refractivity contribution in [3.63, 3.8) is 0 Å². The molecular formula is C22H44O6. The summed E-state index contributed by atoms with van der Waals surface area (Å²) >= 11 is 0. The summed E-state index contributed by atoms with van der Waals surface area (Å²) < 4.78 is 0. The summed E-state index contributed by atoms with van der Waals surface area (Å²) in [4.78, 5) is 11.4. The zero-order chi connectivity index (χ0) is 21.7. The monoisotopic (exact) mass is 404 g/mol. The second-order valence-electron chi connectivity index (χ2n) is 8.69. The fourth-order valence-corrected chi connectivity index (χ4v) is 3.57. The molecule has 7 atom stereocenters. The summed E-state index contributed by atoms with van der Waals surface area (Å²) in [6, 6.07) is 0. The van der Waals surface area contributed by atoms with Gasteiger partial charge < -0.3 is 25.5 Å². The molecule has 0 aromatic heterocycles. The van der Waals surface area contributed by atoms with Gasteiger partial charge in [-0.1, -0.05) is 46.5 Å². The van der Waals surface area contributed by atoms with Crippen molar-refractivity contribution < 1.29 is 30.3 Å². The highest BCUT2D eigenvalue weighted by Crippen LogP contribution is 2.22. The Balaban J connectivity index is 3.99. The van der Waals surface area contributed by atoms with Crippen LogP contribution in [0.15, 0.2) is 0 Å². The van der Waals surface area contributed by atoms with Gasteiger partial charge in [0, 0.05) is 6.42 Å². The first-order chi connectivity index (χ1) is 13.1. The third-order valence-electron chi connectivity index (χ3n) is 5.54. The first-order valence-corrected chi connectivity index (χ1v) is 11.0. The minimum absolute atomic E-state index is 0.0336. The highest BCUT2D eigenvalue weighted by atomic mass is 16.3. The molecule has 0 aromatic carbocycles. The number of carbonyl (C=O) groups excluding carboxylic acids is 1. The van der Waals surface area contributed by atoms with Gasteiger partial charge in [-0.25, -0.2) is 0 Å². The van der Waals surface area contributed by atoms with Gasteiger partial charge >= 0.3 is 0 Å². The van der Waals surface area contributed by atoms with Crippen LogP contribution in [0.5, 0.6) is 0 Å². The Morgan fingerprint density at radius 3 is 1.89 bits per heavy atom. The Bertz CT molecular complexity index is 400. The molecule has 0 bridgehead atoms. The summed E-state index contributed by atoms with van der Waals surface area (Å²) in [5, 5.41) is 49.6. The molecule has 0 aliphatic carbocycles. The van der Waals surface area contributed by atoms with Gasteiger partial charge in [0.25, 0.3) is 0 Å². The van der Waals surface area contributed by atoms with Crippen LogP contribution in [0.3, 0.4) is 0 Å². The highest BCUT2D eigenvalue weighted by Gasteiger charge is 2.25. The average Bonchev–Trinajstić information content (AvgIpc) is 2.62. The summed E-state index contributed by atoms with van der Waals surface area (Å²) in [5.41, 5.74) is 0. The number of unbranched alkanes of at least 4 members (excludes halogenated alkanes) is 2. The minimum atomic E-state index is -1.04. The average molecular weight is 405 g/mol. The second-order valence-corrected chi connectivity index (χ2v) is 8.69. The van der Waals surface area contributed by atoms with Crippen LogP contribution in [-0.4, -0.2) is 61.8 Å². The van der Waals surface area contributed by atoms with Gasteiger partial charge in [-0.15, -0.1) is 0 Å². The van der Waals surface area contributed by atoms with Gasteiger partial charge in [0.05, 0.1) is 24.4 Å². The maximum atomic E-state index is 11.4. The van der Waals surface area contributed by atoms with Crippen molar-refractivity contribution in [2.75, 3.05) is 0 Å². The van der Waals surface area contributed by atoms with Crippen LogP contribution < -0.4 is 0 Å². The van der Waals surface area contributed by atoms with Gasteiger partial charge in [-0.3, -0.25) is 4.79 Å². The predicted octanol–water partition coefficient (Wildman–Crippen LogP) is 2.57. The summed E-state index contributed by atoms with van der Waals surface area (Å²) in [7, 11) is 0. The Morgan fingerprint density at radius 2 is 1.36 bits per heavy atom. The number of ketones is 1. The SMILES string of the molecule is CCCCC(C)C(O)C(O)CC(C)CC(O)CCCCC(O)CC(=O)C(C)O. The van der Waals surface area contributed by atoms with Crippen molar-refractivity contribution in [1.29, 1.82) is 0 Å². The quantitative estimate of drug-likeness (QED) is 0.238. The lowest BCUT2D eigenvalue weighted by Gasteiger charge is -2.26. The van der Waals surface area contributed by atoms with Crippen LogP contribution in [-0.2, 0) is 4.79 Å². The standard InChI is InChI=1S/C22H44O6/c1-5-6-9-16(3)22(28)21(27)13-15(2)12-18(24)10-7-8-11-19(25)14-20(26)17(4)23/h15-19,21-25,27-28H,5-14H2,1-4H3. The number of aliphatic hydroxyl groups is 5. The maximum absolute atomic E-state index is 11.4. The normalized spacial score (nSPS) is 19.5. The van der Waals surface area contributed by atoms with Crippen molar-refractivity contribution in [3.05, 3.63) is 0 Å². The van der Waals surface area contributed by atoms with E-state index in [1.54, 1.807) is 0 Å². The molecule has 0 radical (unpaired) electrons. The molecule has 0 aliphatic heterocycles. The molecule has 6 nitrogen and oxygen atoms in total. The fraction of sp³-hybridized carbons (Fsp3) is 0.955. The molecule has 6 heteroatoms. The molecule has 0 aromatic rings. The number of hydrogen-bond donors (Lipinski definition) is 5. The molecule has 0 saturated heterocycles. The second kappa shape index (κ2) is 15.3. The molecule has 28 heavy (non-hydrogen) atoms. The van der Waals surface area contributed by atoms with Crippen molar-refractivity contribution in [3.8, 4) is 0 Å². The zero-order valence-electron chi connectivity index (χ0n) is 18.3. The summed E-state index contributed by atoms with van der Waals surface area (Å²) in [6.45, 7) is 7.44. The number of aliphatic hydroxyl groups excluding tert-OH is 5.